The number of oxazole rings is 2. The predicted octanol–water partition coefficient (Wildman–Crippen LogP) is 14.1. The van der Waals surface area contributed by atoms with Gasteiger partial charge < -0.3 is 50.5 Å². The van der Waals surface area contributed by atoms with E-state index < -0.39 is 25.0 Å². The molecule has 3 radical (unpaired) electrons. The van der Waals surface area contributed by atoms with Crippen LogP contribution in [0.1, 0.15) is 168 Å². The number of carbonyl (C=O) groups is 6. The minimum absolute atomic E-state index is 0. The first-order valence-electron chi connectivity index (χ1n) is 36.2. The van der Waals surface area contributed by atoms with Gasteiger partial charge in [-0.15, -0.1) is 13.2 Å². The number of rotatable bonds is 13. The van der Waals surface area contributed by atoms with E-state index in [1.807, 2.05) is 65.0 Å². The van der Waals surface area contributed by atoms with Crippen LogP contribution in [0.5, 0.6) is 0 Å². The van der Waals surface area contributed by atoms with Crippen molar-refractivity contribution < 1.29 is 109 Å². The molecule has 12 rings (SSSR count). The van der Waals surface area contributed by atoms with Crippen molar-refractivity contribution in [1.82, 2.24) is 34.7 Å². The molecule has 3 aliphatic carbocycles. The largest absolute Gasteiger partial charge is 1.00 e. The van der Waals surface area contributed by atoms with Gasteiger partial charge in [0.15, 0.2) is 23.2 Å². The number of hydrogen-bond donors (Lipinski definition) is 1. The van der Waals surface area contributed by atoms with Crippen LogP contribution in [0.15, 0.2) is 117 Å². The van der Waals surface area contributed by atoms with E-state index in [-0.39, 0.29) is 113 Å². The fourth-order valence-corrected chi connectivity index (χ4v) is 13.3. The number of Topliss-reactive ketones (excluding diaryl/α,β-unsaturated/α-hetero) is 3. The molecule has 1 aliphatic heterocycles. The first-order chi connectivity index (χ1) is 52.2. The Hall–Kier alpha value is -4.08. The number of nitrogens with zero attached hydrogens (tertiary/aromatic N) is 7. The number of aryl methyl sites for hydroxylation is 2. The fraction of sp³-hybridized carbons (Fsp3) is 0.475. The molecule has 4 fully saturated rings. The van der Waals surface area contributed by atoms with Crippen LogP contribution in [-0.2, 0) is 72.0 Å². The second-order valence-electron chi connectivity index (χ2n) is 28.3. The van der Waals surface area contributed by atoms with Crippen LogP contribution in [-0.4, -0.2) is 143 Å². The number of pyridine rings is 3. The van der Waals surface area contributed by atoms with Crippen LogP contribution in [0.3, 0.4) is 0 Å². The van der Waals surface area contributed by atoms with Crippen LogP contribution in [0.2, 0.25) is 0 Å². The number of nitrogens with two attached hydrogens (primary N) is 1. The number of ketones is 3. The summed E-state index contributed by atoms with van der Waals surface area (Å²) in [7, 11) is 7.95. The monoisotopic (exact) mass is 2070 g/mol. The molecule has 113 heavy (non-hydrogen) atoms. The average molecular weight is 2080 g/mol. The number of aromatic nitrogens is 5. The molecule has 6 heterocycles. The minimum atomic E-state index is -1.08. The average Bonchev–Trinajstić information content (AvgIpc) is 1.64. The molecule has 33 heteroatoms. The van der Waals surface area contributed by atoms with Gasteiger partial charge in [-0.1, -0.05) is 38.8 Å². The van der Waals surface area contributed by atoms with Gasteiger partial charge in [-0.25, -0.2) is 42.5 Å². The summed E-state index contributed by atoms with van der Waals surface area (Å²) in [4.78, 5) is 99.2. The fourth-order valence-electron chi connectivity index (χ4n) is 12.4. The number of carbonyl (C=O) groups excluding carboxylic acids is 6. The molecular formula is C80H102B2Br2F3I3N8NaO13V-. The van der Waals surface area contributed by atoms with E-state index in [1.165, 1.54) is 36.8 Å². The van der Waals surface area contributed by atoms with Gasteiger partial charge in [-0.2, -0.15) is 6.42 Å². The number of hydrogen-bond acceptors (Lipinski definition) is 21. The third kappa shape index (κ3) is 36.2. The Morgan fingerprint density at radius 1 is 0.575 bits per heavy atom. The summed E-state index contributed by atoms with van der Waals surface area (Å²) in [6.07, 6.45) is 21.3. The van der Waals surface area contributed by atoms with Gasteiger partial charge >= 0.3 is 113 Å². The van der Waals surface area contributed by atoms with E-state index in [1.54, 1.807) is 32.3 Å². The van der Waals surface area contributed by atoms with Crippen molar-refractivity contribution in [3.05, 3.63) is 161 Å². The molecule has 2 N–H and O–H groups in total. The maximum Gasteiger partial charge on any atom is 1.00 e. The third-order valence-corrected chi connectivity index (χ3v) is 19.7. The molecule has 0 bridgehead atoms. The summed E-state index contributed by atoms with van der Waals surface area (Å²) < 4.78 is 66.2. The maximum absolute atomic E-state index is 14.6. The first kappa shape index (κ1) is 105. The summed E-state index contributed by atoms with van der Waals surface area (Å²) in [5.74, 6) is -0.610. The van der Waals surface area contributed by atoms with E-state index in [4.69, 9.17) is 33.8 Å². The summed E-state index contributed by atoms with van der Waals surface area (Å²) in [6.45, 7) is 26.3. The van der Waals surface area contributed by atoms with Crippen molar-refractivity contribution in [3.8, 4) is 11.3 Å². The van der Waals surface area contributed by atoms with Gasteiger partial charge in [0.2, 0.25) is 0 Å². The first-order valence-corrected chi connectivity index (χ1v) is 51.3. The third-order valence-electron chi connectivity index (χ3n) is 18.8. The van der Waals surface area contributed by atoms with Crippen LogP contribution in [0.4, 0.5) is 13.2 Å². The maximum atomic E-state index is 14.6. The van der Waals surface area contributed by atoms with Crippen LogP contribution in [0, 0.1) is 56.0 Å². The van der Waals surface area contributed by atoms with E-state index in [2.05, 4.69) is 185 Å². The molecule has 0 spiro atoms. The molecule has 1 saturated heterocycles. The van der Waals surface area contributed by atoms with Crippen LogP contribution in [0.25, 0.3) is 43.6 Å². The molecule has 21 nitrogen and oxygen atoms in total. The number of halogens is 8. The van der Waals surface area contributed by atoms with Crippen molar-refractivity contribution in [3.63, 3.8) is 0 Å². The van der Waals surface area contributed by atoms with Crippen LogP contribution >= 0.6 is 91.8 Å². The molecule has 609 valence electrons. The van der Waals surface area contributed by atoms with Gasteiger partial charge in [-0.05, 0) is 211 Å². The van der Waals surface area contributed by atoms with Crippen LogP contribution < -0.4 is 46.1 Å². The summed E-state index contributed by atoms with van der Waals surface area (Å²) in [6, 6.07) is 16.7. The van der Waals surface area contributed by atoms with Gasteiger partial charge in [0, 0.05) is 164 Å². The van der Waals surface area contributed by atoms with E-state index in [0.29, 0.717) is 102 Å². The molecule has 3 saturated carbocycles. The number of carboxylic acids is 1. The smallest absolute Gasteiger partial charge is 1.00 e. The van der Waals surface area contributed by atoms with Crippen molar-refractivity contribution in [2.75, 3.05) is 28.2 Å². The second-order valence-corrected chi connectivity index (χ2v) is 65.6. The quantitative estimate of drug-likeness (QED) is 0.0280. The van der Waals surface area contributed by atoms with Crippen molar-refractivity contribution >= 4 is 181 Å². The van der Waals surface area contributed by atoms with Crippen molar-refractivity contribution in [2.45, 2.75) is 201 Å². The summed E-state index contributed by atoms with van der Waals surface area (Å²) in [5.41, 5.74) is 8.57. The normalized spacial score (nSPS) is 18.3. The molecular weight excluding hydrogens is 1970 g/mol. The van der Waals surface area contributed by atoms with Gasteiger partial charge in [0.05, 0.1) is 23.6 Å². The Labute approximate surface area is 742 Å². The number of benzene rings is 3. The summed E-state index contributed by atoms with van der Waals surface area (Å²) >= 11 is 14.0. The zero-order chi connectivity index (χ0) is 83.2. The molecule has 0 atom stereocenters. The zero-order valence-electron chi connectivity index (χ0n) is 67.1. The van der Waals surface area contributed by atoms with Gasteiger partial charge in [0.25, 0.3) is 0 Å². The SMILES string of the molecule is C=C.CC(=O)OOC(C)=O.CC(=O)[O-].CN(C)C1CCC(C(=O)Cc2cc3cc(Br)cc(F)c3cn2)CC1.Cc1ncc(-c2cc(F)c3cnc(CC(=O)C4CCC(N(C)C)CC4)cc3c2)o1.Cc1ncc(B2OC(C)(C)C(C)(C)O2)o1.NC1CCC(C(=O)Cc2cc3cc(Br)cc(F)c3cn2)CC1.[B].[CH2-]CC.[I][V]([I])[I].[Na+]. The van der Waals surface area contributed by atoms with Crippen molar-refractivity contribution in [1.29, 1.82) is 0 Å². The molecule has 0 amide bonds. The predicted molar refractivity (Wildman–Crippen MR) is 462 cm³/mol. The molecule has 8 aromatic rings. The van der Waals surface area contributed by atoms with Gasteiger partial charge in [-0.3, -0.25) is 29.3 Å². The minimum Gasteiger partial charge on any atom is 1.00 e. The Morgan fingerprint density at radius 3 is 1.19 bits per heavy atom. The van der Waals surface area contributed by atoms with E-state index in [0.717, 1.165) is 121 Å². The Morgan fingerprint density at radius 2 is 0.885 bits per heavy atom. The molecule has 3 aromatic carbocycles. The Bertz CT molecular complexity index is 4330. The standard InChI is InChI=1S/C23H26FN3O2.C19H22BrFN2O.C17H18BrFN2O.C10H16BNO3.C4H6O4.C3H7.C2H4O2.C2H4.B.3HI.Na.V/c1-14-25-13-23(29-14)17-8-16-9-18(26-12-20(16)21(24)10-17)11-22(28)15-4-6-19(7-5-15)27(2)3;1-23(2)16-5-3-12(4-6-16)19(24)10-15-8-13-7-14(20)9-18(21)17(13)11-22-15;18-12-5-11-6-14(21-9-15(11)16(19)7-12)8-17(22)10-1-3-13(20)4-2-10;1-7-12-6-8(13-7)11-14-9(2,3)10(4,5)15-11;1-3(5)7-8-4(2)6;1-3-2;1-2(3)4;1-2;;;;;;/h8-10,12-13,15,19H,4-7,11H2,1-3H3;7-9,11-12,16H,3-6,10H2,1-2H3;5-7,9-10,13H,1-4,8,20H2;6H,1-5H3;1-2H3;1,3H2,2H3;1H3,(H,3,4);1-2H2;;3*1H;;/q;;;;;-1;;;;;;;+1;+3/p-4. The topological polar surface area (TPSA) is 286 Å². The molecule has 0 unspecified atom stereocenters. The zero-order valence-corrected chi connectivity index (χ0v) is 80.2. The number of aliphatic carboxylic acids is 1. The molecule has 4 aliphatic rings. The van der Waals surface area contributed by atoms with Gasteiger partial charge in [0.1, 0.15) is 34.8 Å². The Kier molecular flexibility index (Phi) is 48.4. The van der Waals surface area contributed by atoms with E-state index >= 15 is 0 Å². The Balaban J connectivity index is 0.000000475. The van der Waals surface area contributed by atoms with E-state index in [9.17, 15) is 37.1 Å². The molecule has 5 aromatic heterocycles. The number of carboxylic acid groups (broad SMARTS) is 1. The second kappa shape index (κ2) is 52.1. The van der Waals surface area contributed by atoms with Crippen molar-refractivity contribution in [2.24, 2.45) is 23.5 Å². The summed E-state index contributed by atoms with van der Waals surface area (Å²) in [5, 5.41) is 12.5. The number of fused-ring (bicyclic) bond motifs is 3.